The summed E-state index contributed by atoms with van der Waals surface area (Å²) in [5.74, 6) is 0.888. The summed E-state index contributed by atoms with van der Waals surface area (Å²) >= 11 is 0. The smallest absolute Gasteiger partial charge is 0.250 e. The first-order chi connectivity index (χ1) is 10.2. The van der Waals surface area contributed by atoms with Crippen LogP contribution in [0.4, 0.5) is 0 Å². The van der Waals surface area contributed by atoms with Crippen molar-refractivity contribution in [2.45, 2.75) is 38.2 Å². The van der Waals surface area contributed by atoms with E-state index in [9.17, 15) is 9.59 Å². The minimum Gasteiger partial charge on any atom is -0.375 e. The molecule has 114 valence electrons. The van der Waals surface area contributed by atoms with Crippen molar-refractivity contribution in [1.82, 2.24) is 14.9 Å². The van der Waals surface area contributed by atoms with Gasteiger partial charge >= 0.3 is 0 Å². The van der Waals surface area contributed by atoms with Gasteiger partial charge < -0.3 is 14.6 Å². The number of aromatic nitrogens is 2. The van der Waals surface area contributed by atoms with Gasteiger partial charge in [-0.2, -0.15) is 0 Å². The van der Waals surface area contributed by atoms with Gasteiger partial charge in [-0.25, -0.2) is 4.98 Å². The van der Waals surface area contributed by atoms with Gasteiger partial charge in [-0.05, 0) is 31.6 Å². The van der Waals surface area contributed by atoms with Crippen LogP contribution in [-0.4, -0.2) is 46.6 Å². The summed E-state index contributed by atoms with van der Waals surface area (Å²) in [6, 6.07) is 1.51. The Hall–Kier alpha value is -1.69. The van der Waals surface area contributed by atoms with Crippen molar-refractivity contribution in [2.75, 3.05) is 19.7 Å². The highest BCUT2D eigenvalue weighted by Crippen LogP contribution is 2.33. The maximum absolute atomic E-state index is 12.1. The zero-order chi connectivity index (χ0) is 14.7. The number of carbonyl (C=O) groups is 1. The predicted molar refractivity (Wildman–Crippen MR) is 76.8 cm³/mol. The fourth-order valence-corrected chi connectivity index (χ4v) is 2.67. The second-order valence-electron chi connectivity index (χ2n) is 5.92. The molecule has 2 heterocycles. The average molecular weight is 291 g/mol. The third-order valence-corrected chi connectivity index (χ3v) is 4.11. The largest absolute Gasteiger partial charge is 0.375 e. The summed E-state index contributed by atoms with van der Waals surface area (Å²) < 4.78 is 5.72. The number of ether oxygens (including phenoxy) is 1. The summed E-state index contributed by atoms with van der Waals surface area (Å²) in [6.45, 7) is 1.96. The summed E-state index contributed by atoms with van der Waals surface area (Å²) in [4.78, 5) is 31.9. The first-order valence-electron chi connectivity index (χ1n) is 7.63. The third kappa shape index (κ3) is 4.14. The van der Waals surface area contributed by atoms with Crippen molar-refractivity contribution in [1.29, 1.82) is 0 Å². The average Bonchev–Trinajstić information content (AvgIpc) is 3.29. The number of hydrogen-bond acceptors (Lipinski definition) is 4. The number of carbonyl (C=O) groups excluding carboxylic acids is 1. The Morgan fingerprint density at radius 1 is 1.48 bits per heavy atom. The Morgan fingerprint density at radius 2 is 2.33 bits per heavy atom. The molecule has 1 aromatic heterocycles. The lowest BCUT2D eigenvalue weighted by atomic mass is 10.1. The lowest BCUT2D eigenvalue weighted by Crippen LogP contribution is -2.45. The minimum atomic E-state index is -0.134. The minimum absolute atomic E-state index is 0.0444. The van der Waals surface area contributed by atoms with Crippen LogP contribution in [0, 0.1) is 5.92 Å². The van der Waals surface area contributed by atoms with Gasteiger partial charge in [0.1, 0.15) is 0 Å². The van der Waals surface area contributed by atoms with E-state index in [1.165, 1.54) is 25.2 Å². The molecule has 0 aromatic carbocycles. The number of morpholine rings is 1. The number of amides is 1. The molecule has 2 aliphatic rings. The van der Waals surface area contributed by atoms with E-state index in [0.29, 0.717) is 38.5 Å². The van der Waals surface area contributed by atoms with Crippen molar-refractivity contribution in [2.24, 2.45) is 5.92 Å². The van der Waals surface area contributed by atoms with Crippen LogP contribution in [0.3, 0.4) is 0 Å². The van der Waals surface area contributed by atoms with Gasteiger partial charge in [0.25, 0.3) is 5.56 Å². The SMILES string of the molecule is O=C(CC1CC1)N1CCO[C@H](CCc2cc(=O)[nH]cn2)C1. The third-order valence-electron chi connectivity index (χ3n) is 4.11. The molecule has 1 aliphatic heterocycles. The maximum Gasteiger partial charge on any atom is 0.250 e. The number of aryl methyl sites for hydroxylation is 1. The molecule has 1 aromatic rings. The van der Waals surface area contributed by atoms with Crippen molar-refractivity contribution in [3.63, 3.8) is 0 Å². The Kier molecular flexibility index (Phi) is 4.34. The zero-order valence-corrected chi connectivity index (χ0v) is 12.1. The molecule has 0 radical (unpaired) electrons. The number of rotatable bonds is 5. The van der Waals surface area contributed by atoms with E-state index in [-0.39, 0.29) is 17.6 Å². The molecule has 1 N–H and O–H groups in total. The molecule has 21 heavy (non-hydrogen) atoms. The Balaban J connectivity index is 1.48. The standard InChI is InChI=1S/C15H21N3O3/c19-14-8-12(16-10-17-14)3-4-13-9-18(5-6-21-13)15(20)7-11-1-2-11/h8,10-11,13H,1-7,9H2,(H,16,17,19)/t13-/m1/s1. The van der Waals surface area contributed by atoms with Crippen LogP contribution < -0.4 is 5.56 Å². The molecule has 1 saturated carbocycles. The molecule has 1 amide bonds. The quantitative estimate of drug-likeness (QED) is 0.868. The van der Waals surface area contributed by atoms with Gasteiger partial charge in [-0.15, -0.1) is 0 Å². The second kappa shape index (κ2) is 6.39. The van der Waals surface area contributed by atoms with E-state index in [4.69, 9.17) is 4.74 Å². The number of hydrogen-bond donors (Lipinski definition) is 1. The van der Waals surface area contributed by atoms with E-state index in [1.54, 1.807) is 0 Å². The van der Waals surface area contributed by atoms with Crippen LogP contribution >= 0.6 is 0 Å². The number of nitrogens with one attached hydrogen (secondary N) is 1. The van der Waals surface area contributed by atoms with Gasteiger partial charge in [0, 0.05) is 31.3 Å². The molecular formula is C15H21N3O3. The van der Waals surface area contributed by atoms with E-state index < -0.39 is 0 Å². The van der Waals surface area contributed by atoms with Gasteiger partial charge in [-0.1, -0.05) is 0 Å². The molecule has 2 fully saturated rings. The van der Waals surface area contributed by atoms with E-state index in [2.05, 4.69) is 9.97 Å². The lowest BCUT2D eigenvalue weighted by Gasteiger charge is -2.33. The van der Waals surface area contributed by atoms with Crippen molar-refractivity contribution >= 4 is 5.91 Å². The van der Waals surface area contributed by atoms with Gasteiger partial charge in [0.2, 0.25) is 5.91 Å². The predicted octanol–water partition coefficient (Wildman–Crippen LogP) is 0.730. The zero-order valence-electron chi connectivity index (χ0n) is 12.1. The van der Waals surface area contributed by atoms with Crippen LogP contribution in [0.5, 0.6) is 0 Å². The highest BCUT2D eigenvalue weighted by molar-refractivity contribution is 5.76. The normalized spacial score (nSPS) is 22.3. The van der Waals surface area contributed by atoms with Crippen molar-refractivity contribution in [3.8, 4) is 0 Å². The first-order valence-corrected chi connectivity index (χ1v) is 7.63. The van der Waals surface area contributed by atoms with E-state index in [1.807, 2.05) is 4.90 Å². The maximum atomic E-state index is 12.1. The molecule has 3 rings (SSSR count). The summed E-state index contributed by atoms with van der Waals surface area (Å²) in [5.41, 5.74) is 0.634. The van der Waals surface area contributed by atoms with Gasteiger partial charge in [-0.3, -0.25) is 9.59 Å². The van der Waals surface area contributed by atoms with Crippen LogP contribution in [0.1, 0.15) is 31.4 Å². The number of aromatic amines is 1. The van der Waals surface area contributed by atoms with E-state index >= 15 is 0 Å². The summed E-state index contributed by atoms with van der Waals surface area (Å²) in [6.07, 6.45) is 6.04. The topological polar surface area (TPSA) is 75.3 Å². The molecule has 0 spiro atoms. The number of H-pyrrole nitrogens is 1. The van der Waals surface area contributed by atoms with Crippen molar-refractivity contribution < 1.29 is 9.53 Å². The van der Waals surface area contributed by atoms with Gasteiger partial charge in [0.15, 0.2) is 0 Å². The molecule has 1 atom stereocenters. The van der Waals surface area contributed by atoms with Crippen LogP contribution in [0.2, 0.25) is 0 Å². The van der Waals surface area contributed by atoms with Crippen LogP contribution in [0.15, 0.2) is 17.2 Å². The molecule has 6 nitrogen and oxygen atoms in total. The van der Waals surface area contributed by atoms with Crippen LogP contribution in [-0.2, 0) is 16.0 Å². The lowest BCUT2D eigenvalue weighted by molar-refractivity contribution is -0.139. The number of nitrogens with zero attached hydrogens (tertiary/aromatic N) is 2. The Labute approximate surface area is 123 Å². The van der Waals surface area contributed by atoms with Gasteiger partial charge in [0.05, 0.1) is 19.0 Å². The van der Waals surface area contributed by atoms with Crippen LogP contribution in [0.25, 0.3) is 0 Å². The molecule has 6 heteroatoms. The molecule has 1 aliphatic carbocycles. The first kappa shape index (κ1) is 14.3. The Morgan fingerprint density at radius 3 is 3.10 bits per heavy atom. The summed E-state index contributed by atoms with van der Waals surface area (Å²) in [5, 5.41) is 0. The fourth-order valence-electron chi connectivity index (χ4n) is 2.67. The highest BCUT2D eigenvalue weighted by Gasteiger charge is 2.29. The molecular weight excluding hydrogens is 270 g/mol. The molecule has 0 unspecified atom stereocenters. The van der Waals surface area contributed by atoms with Crippen molar-refractivity contribution in [3.05, 3.63) is 28.4 Å². The van der Waals surface area contributed by atoms with E-state index in [0.717, 1.165) is 12.1 Å². The molecule has 0 bridgehead atoms. The Bertz CT molecular complexity index is 553. The second-order valence-corrected chi connectivity index (χ2v) is 5.92. The monoisotopic (exact) mass is 291 g/mol. The molecule has 1 saturated heterocycles. The fraction of sp³-hybridized carbons (Fsp3) is 0.667. The summed E-state index contributed by atoms with van der Waals surface area (Å²) in [7, 11) is 0. The highest BCUT2D eigenvalue weighted by atomic mass is 16.5.